The minimum absolute atomic E-state index is 0.0329. The van der Waals surface area contributed by atoms with Crippen LogP contribution in [0.3, 0.4) is 0 Å². The monoisotopic (exact) mass is 384 g/mol. The van der Waals surface area contributed by atoms with Gasteiger partial charge in [-0.05, 0) is 42.6 Å². The molecule has 0 aliphatic carbocycles. The Balaban J connectivity index is 1.85. The molecule has 6 nitrogen and oxygen atoms in total. The van der Waals surface area contributed by atoms with Gasteiger partial charge in [-0.2, -0.15) is 0 Å². The molecule has 1 aromatic heterocycles. The maximum atomic E-state index is 13.3. The van der Waals surface area contributed by atoms with E-state index in [1.807, 2.05) is 24.3 Å². The quantitative estimate of drug-likeness (QED) is 0.408. The summed E-state index contributed by atoms with van der Waals surface area (Å²) >= 11 is 0. The minimum atomic E-state index is -0.334. The van der Waals surface area contributed by atoms with Crippen molar-refractivity contribution >= 4 is 16.8 Å². The van der Waals surface area contributed by atoms with Crippen molar-refractivity contribution in [3.8, 4) is 11.1 Å². The molecular weight excluding hydrogens is 359 g/mol. The van der Waals surface area contributed by atoms with Crippen LogP contribution in [0.2, 0.25) is 0 Å². The molecule has 0 spiro atoms. The van der Waals surface area contributed by atoms with Crippen molar-refractivity contribution in [2.45, 2.75) is 12.5 Å². The largest absolute Gasteiger partial charge is 0.396 e. The summed E-state index contributed by atoms with van der Waals surface area (Å²) in [5.41, 5.74) is 14.3. The van der Waals surface area contributed by atoms with E-state index in [0.717, 1.165) is 22.0 Å². The van der Waals surface area contributed by atoms with Gasteiger partial charge in [-0.25, -0.2) is 4.39 Å². The molecule has 3 rings (SSSR count). The summed E-state index contributed by atoms with van der Waals surface area (Å²) in [5.74, 6) is -0.715. The summed E-state index contributed by atoms with van der Waals surface area (Å²) in [7, 11) is 0. The van der Waals surface area contributed by atoms with Crippen LogP contribution in [0.5, 0.6) is 0 Å². The number of amides is 1. The third-order valence-corrected chi connectivity index (χ3v) is 4.82. The number of aliphatic hydroxyl groups is 1. The highest BCUT2D eigenvalue weighted by Gasteiger charge is 2.20. The molecule has 2 aromatic carbocycles. The summed E-state index contributed by atoms with van der Waals surface area (Å²) in [6.07, 6.45) is 0.519. The van der Waals surface area contributed by atoms with Gasteiger partial charge in [-0.3, -0.25) is 4.79 Å². The zero-order valence-corrected chi connectivity index (χ0v) is 15.5. The summed E-state index contributed by atoms with van der Waals surface area (Å²) in [6, 6.07) is 13.3. The number of rotatable bonds is 8. The number of carbonyl (C=O) groups is 1. The number of aromatic nitrogens is 1. The summed E-state index contributed by atoms with van der Waals surface area (Å²) in [4.78, 5) is 16.0. The molecule has 1 heterocycles. The molecule has 0 saturated heterocycles. The molecule has 0 radical (unpaired) electrons. The first-order valence-corrected chi connectivity index (χ1v) is 9.24. The highest BCUT2D eigenvalue weighted by Crippen LogP contribution is 2.32. The summed E-state index contributed by atoms with van der Waals surface area (Å²) in [6.45, 7) is 0.567. The van der Waals surface area contributed by atoms with Gasteiger partial charge in [0.15, 0.2) is 0 Å². The number of fused-ring (bicyclic) bond motifs is 1. The number of para-hydroxylation sites is 1. The van der Waals surface area contributed by atoms with Gasteiger partial charge in [-0.15, -0.1) is 0 Å². The van der Waals surface area contributed by atoms with Gasteiger partial charge in [0.1, 0.15) is 11.5 Å². The Morgan fingerprint density at radius 2 is 1.89 bits per heavy atom. The second kappa shape index (κ2) is 8.97. The molecule has 0 fully saturated rings. The Hall–Kier alpha value is -2.74. The highest BCUT2D eigenvalue weighted by molar-refractivity contribution is 6.09. The van der Waals surface area contributed by atoms with Crippen molar-refractivity contribution in [3.05, 3.63) is 60.0 Å². The number of hydrogen-bond acceptors (Lipinski definition) is 4. The van der Waals surface area contributed by atoms with Gasteiger partial charge in [0, 0.05) is 35.7 Å². The molecule has 0 aliphatic heterocycles. The normalized spacial score (nSPS) is 13.4. The number of aromatic amines is 1. The molecule has 0 aliphatic rings. The fraction of sp³-hybridized carbons (Fsp3) is 0.286. The van der Waals surface area contributed by atoms with E-state index in [2.05, 4.69) is 10.3 Å². The third-order valence-electron chi connectivity index (χ3n) is 4.82. The number of nitrogens with one attached hydrogen (secondary N) is 2. The summed E-state index contributed by atoms with van der Waals surface area (Å²) in [5, 5.41) is 13.0. The van der Waals surface area contributed by atoms with Crippen LogP contribution in [0, 0.1) is 11.7 Å². The first-order chi connectivity index (χ1) is 13.5. The van der Waals surface area contributed by atoms with Gasteiger partial charge in [0.05, 0.1) is 0 Å². The van der Waals surface area contributed by atoms with Crippen LogP contribution in [0.4, 0.5) is 4.39 Å². The maximum Gasteiger partial charge on any atom is 0.268 e. The summed E-state index contributed by atoms with van der Waals surface area (Å²) < 4.78 is 13.3. The maximum absolute atomic E-state index is 13.3. The molecule has 7 heteroatoms. The van der Waals surface area contributed by atoms with Gasteiger partial charge in [0.2, 0.25) is 0 Å². The first kappa shape index (κ1) is 20.0. The Morgan fingerprint density at radius 1 is 1.18 bits per heavy atom. The van der Waals surface area contributed by atoms with E-state index in [0.29, 0.717) is 18.7 Å². The average molecular weight is 384 g/mol. The van der Waals surface area contributed by atoms with Crippen LogP contribution >= 0.6 is 0 Å². The minimum Gasteiger partial charge on any atom is -0.396 e. The number of hydrogen-bond donors (Lipinski definition) is 5. The van der Waals surface area contributed by atoms with Crippen LogP contribution in [0.1, 0.15) is 16.9 Å². The Bertz CT molecular complexity index is 935. The predicted molar refractivity (Wildman–Crippen MR) is 108 cm³/mol. The van der Waals surface area contributed by atoms with Gasteiger partial charge < -0.3 is 26.9 Å². The van der Waals surface area contributed by atoms with Gasteiger partial charge in [0.25, 0.3) is 5.91 Å². The molecule has 2 atom stereocenters. The van der Waals surface area contributed by atoms with E-state index in [-0.39, 0.29) is 36.8 Å². The molecule has 7 N–H and O–H groups in total. The zero-order valence-electron chi connectivity index (χ0n) is 15.5. The second-order valence-corrected chi connectivity index (χ2v) is 6.92. The SMILES string of the molecule is NCC(CO)C[C@@H](N)CNC(=O)c1[nH]c2ccccc2c1-c1ccc(F)cc1. The molecule has 1 unspecified atom stereocenters. The van der Waals surface area contributed by atoms with Gasteiger partial charge in [-0.1, -0.05) is 30.3 Å². The number of aliphatic hydroxyl groups excluding tert-OH is 1. The van der Waals surface area contributed by atoms with E-state index in [9.17, 15) is 14.3 Å². The Morgan fingerprint density at radius 3 is 2.57 bits per heavy atom. The number of nitrogens with two attached hydrogens (primary N) is 2. The van der Waals surface area contributed by atoms with Gasteiger partial charge >= 0.3 is 0 Å². The van der Waals surface area contributed by atoms with Crippen molar-refractivity contribution < 1.29 is 14.3 Å². The third kappa shape index (κ3) is 4.39. The molecule has 28 heavy (non-hydrogen) atoms. The predicted octanol–water partition coefficient (Wildman–Crippen LogP) is 1.99. The van der Waals surface area contributed by atoms with E-state index in [1.165, 1.54) is 12.1 Å². The topological polar surface area (TPSA) is 117 Å². The van der Waals surface area contributed by atoms with Crippen LogP contribution in [-0.2, 0) is 0 Å². The van der Waals surface area contributed by atoms with E-state index in [4.69, 9.17) is 11.5 Å². The average Bonchev–Trinajstić information content (AvgIpc) is 3.10. The smallest absolute Gasteiger partial charge is 0.268 e. The lowest BCUT2D eigenvalue weighted by Crippen LogP contribution is -2.40. The van der Waals surface area contributed by atoms with Crippen molar-refractivity contribution in [2.24, 2.45) is 17.4 Å². The van der Waals surface area contributed by atoms with Crippen LogP contribution in [0.25, 0.3) is 22.0 Å². The lowest BCUT2D eigenvalue weighted by atomic mass is 10.0. The lowest BCUT2D eigenvalue weighted by molar-refractivity contribution is 0.0946. The molecular formula is C21H25FN4O2. The number of halogens is 1. The molecule has 0 saturated carbocycles. The van der Waals surface area contributed by atoms with Crippen molar-refractivity contribution in [1.29, 1.82) is 0 Å². The fourth-order valence-electron chi connectivity index (χ4n) is 3.30. The van der Waals surface area contributed by atoms with Crippen LogP contribution in [0.15, 0.2) is 48.5 Å². The van der Waals surface area contributed by atoms with E-state index in [1.54, 1.807) is 12.1 Å². The van der Waals surface area contributed by atoms with Crippen molar-refractivity contribution in [2.75, 3.05) is 19.7 Å². The number of H-pyrrole nitrogens is 1. The van der Waals surface area contributed by atoms with Crippen LogP contribution < -0.4 is 16.8 Å². The van der Waals surface area contributed by atoms with E-state index >= 15 is 0 Å². The standard InChI is InChI=1S/C21H25FN4O2/c22-15-7-5-14(6-8-15)19-17-3-1-2-4-18(17)26-20(19)21(28)25-11-16(24)9-13(10-23)12-27/h1-8,13,16,26-27H,9-12,23-24H2,(H,25,28)/t13?,16-/m1/s1. The molecule has 1 amide bonds. The van der Waals surface area contributed by atoms with Crippen molar-refractivity contribution in [1.82, 2.24) is 10.3 Å². The molecule has 0 bridgehead atoms. The van der Waals surface area contributed by atoms with E-state index < -0.39 is 0 Å². The number of benzene rings is 2. The first-order valence-electron chi connectivity index (χ1n) is 9.24. The van der Waals surface area contributed by atoms with Crippen molar-refractivity contribution in [3.63, 3.8) is 0 Å². The lowest BCUT2D eigenvalue weighted by Gasteiger charge is -2.18. The second-order valence-electron chi connectivity index (χ2n) is 6.92. The van der Waals surface area contributed by atoms with Crippen LogP contribution in [-0.4, -0.2) is 41.7 Å². The molecule has 3 aromatic rings. The fourth-order valence-corrected chi connectivity index (χ4v) is 3.30. The Labute approximate surface area is 162 Å². The highest BCUT2D eigenvalue weighted by atomic mass is 19.1. The Kier molecular flexibility index (Phi) is 6.41. The number of carbonyl (C=O) groups excluding carboxylic acids is 1. The molecule has 148 valence electrons. The zero-order chi connectivity index (χ0) is 20.1.